The zero-order valence-corrected chi connectivity index (χ0v) is 12.8. The Morgan fingerprint density at radius 1 is 1.47 bits per heavy atom. The topological polar surface area (TPSA) is 58.4 Å². The van der Waals surface area contributed by atoms with Crippen LogP contribution in [0, 0.1) is 5.92 Å². The number of carbonyl (C=O) groups excluding carboxylic acids is 1. The fourth-order valence-electron chi connectivity index (χ4n) is 2.90. The molecule has 4 nitrogen and oxygen atoms in total. The predicted molar refractivity (Wildman–Crippen MR) is 79.9 cm³/mol. The summed E-state index contributed by atoms with van der Waals surface area (Å²) in [5, 5.41) is 3.05. The molecule has 0 saturated carbocycles. The van der Waals surface area contributed by atoms with Crippen LogP contribution in [-0.4, -0.2) is 42.5 Å². The van der Waals surface area contributed by atoms with Gasteiger partial charge in [-0.25, -0.2) is 0 Å². The Balaban J connectivity index is 2.41. The van der Waals surface area contributed by atoms with Gasteiger partial charge in [0.15, 0.2) is 0 Å². The van der Waals surface area contributed by atoms with Crippen molar-refractivity contribution in [1.82, 2.24) is 10.2 Å². The van der Waals surface area contributed by atoms with Crippen LogP contribution in [0.2, 0.25) is 0 Å². The minimum atomic E-state index is -0.0531. The van der Waals surface area contributed by atoms with Crippen LogP contribution in [0.1, 0.15) is 52.9 Å². The SMILES string of the molecule is CCCCCNC(=O)C(C)N1CCC(C)CC1CN. The summed E-state index contributed by atoms with van der Waals surface area (Å²) in [7, 11) is 0. The van der Waals surface area contributed by atoms with E-state index in [1.807, 2.05) is 6.92 Å². The fraction of sp³-hybridized carbons (Fsp3) is 0.933. The van der Waals surface area contributed by atoms with Crippen molar-refractivity contribution in [2.45, 2.75) is 65.0 Å². The summed E-state index contributed by atoms with van der Waals surface area (Å²) in [6.07, 6.45) is 5.73. The second-order valence-corrected chi connectivity index (χ2v) is 5.93. The molecule has 112 valence electrons. The van der Waals surface area contributed by atoms with E-state index in [1.54, 1.807) is 0 Å². The van der Waals surface area contributed by atoms with Crippen molar-refractivity contribution >= 4 is 5.91 Å². The molecule has 1 rings (SSSR count). The number of piperidine rings is 1. The van der Waals surface area contributed by atoms with E-state index in [2.05, 4.69) is 24.1 Å². The average Bonchev–Trinajstić information content (AvgIpc) is 2.42. The molecule has 0 spiro atoms. The van der Waals surface area contributed by atoms with E-state index >= 15 is 0 Å². The third kappa shape index (κ3) is 5.11. The summed E-state index contributed by atoms with van der Waals surface area (Å²) < 4.78 is 0. The van der Waals surface area contributed by atoms with Gasteiger partial charge in [0.1, 0.15) is 0 Å². The van der Waals surface area contributed by atoms with E-state index in [1.165, 1.54) is 19.3 Å². The maximum atomic E-state index is 12.2. The van der Waals surface area contributed by atoms with Gasteiger partial charge < -0.3 is 11.1 Å². The number of carbonyl (C=O) groups is 1. The second-order valence-electron chi connectivity index (χ2n) is 5.93. The first-order chi connectivity index (χ1) is 9.10. The van der Waals surface area contributed by atoms with E-state index in [-0.39, 0.29) is 11.9 Å². The summed E-state index contributed by atoms with van der Waals surface area (Å²) in [4.78, 5) is 14.4. The van der Waals surface area contributed by atoms with Crippen molar-refractivity contribution in [2.24, 2.45) is 11.7 Å². The number of hydrogen-bond acceptors (Lipinski definition) is 3. The Labute approximate surface area is 118 Å². The lowest BCUT2D eigenvalue weighted by molar-refractivity contribution is -0.127. The van der Waals surface area contributed by atoms with E-state index in [9.17, 15) is 4.79 Å². The van der Waals surface area contributed by atoms with Crippen LogP contribution in [0.25, 0.3) is 0 Å². The maximum Gasteiger partial charge on any atom is 0.237 e. The normalized spacial score (nSPS) is 26.1. The lowest BCUT2D eigenvalue weighted by Gasteiger charge is -2.41. The zero-order valence-electron chi connectivity index (χ0n) is 12.8. The van der Waals surface area contributed by atoms with Gasteiger partial charge in [-0.15, -0.1) is 0 Å². The first-order valence-electron chi connectivity index (χ1n) is 7.83. The van der Waals surface area contributed by atoms with Crippen LogP contribution in [0.15, 0.2) is 0 Å². The van der Waals surface area contributed by atoms with Gasteiger partial charge in [-0.2, -0.15) is 0 Å². The molecule has 19 heavy (non-hydrogen) atoms. The Kier molecular flexibility index (Phi) is 7.39. The summed E-state index contributed by atoms with van der Waals surface area (Å²) in [5.74, 6) is 0.883. The highest BCUT2D eigenvalue weighted by molar-refractivity contribution is 5.81. The van der Waals surface area contributed by atoms with Crippen molar-refractivity contribution in [3.05, 3.63) is 0 Å². The second kappa shape index (κ2) is 8.54. The molecule has 1 heterocycles. The average molecular weight is 269 g/mol. The lowest BCUT2D eigenvalue weighted by atomic mass is 9.91. The van der Waals surface area contributed by atoms with Gasteiger partial charge in [0.25, 0.3) is 0 Å². The standard InChI is InChI=1S/C15H31N3O/c1-4-5-6-8-17-15(19)13(3)18-9-7-12(2)10-14(18)11-16/h12-14H,4-11,16H2,1-3H3,(H,17,19). The number of amides is 1. The van der Waals surface area contributed by atoms with Gasteiger partial charge in [-0.3, -0.25) is 9.69 Å². The van der Waals surface area contributed by atoms with Crippen LogP contribution in [0.4, 0.5) is 0 Å². The lowest BCUT2D eigenvalue weighted by Crippen LogP contribution is -2.55. The number of unbranched alkanes of at least 4 members (excludes halogenated alkanes) is 2. The number of likely N-dealkylation sites (tertiary alicyclic amines) is 1. The predicted octanol–water partition coefficient (Wildman–Crippen LogP) is 1.74. The number of nitrogens with two attached hydrogens (primary N) is 1. The molecule has 1 amide bonds. The third-order valence-corrected chi connectivity index (χ3v) is 4.25. The molecule has 3 N–H and O–H groups in total. The molecule has 0 radical (unpaired) electrons. The number of rotatable bonds is 7. The molecule has 0 aromatic rings. The minimum absolute atomic E-state index is 0.0531. The third-order valence-electron chi connectivity index (χ3n) is 4.25. The fourth-order valence-corrected chi connectivity index (χ4v) is 2.90. The van der Waals surface area contributed by atoms with E-state index in [0.717, 1.165) is 31.8 Å². The largest absolute Gasteiger partial charge is 0.355 e. The van der Waals surface area contributed by atoms with Gasteiger partial charge in [0.05, 0.1) is 6.04 Å². The summed E-state index contributed by atoms with van der Waals surface area (Å²) in [6.45, 7) is 8.90. The van der Waals surface area contributed by atoms with Crippen LogP contribution >= 0.6 is 0 Å². The Bertz CT molecular complexity index is 270. The molecular weight excluding hydrogens is 238 g/mol. The maximum absolute atomic E-state index is 12.2. The first-order valence-corrected chi connectivity index (χ1v) is 7.83. The van der Waals surface area contributed by atoms with Gasteiger partial charge in [-0.1, -0.05) is 26.7 Å². The molecule has 3 atom stereocenters. The molecule has 0 aliphatic carbocycles. The molecular formula is C15H31N3O. The van der Waals surface area contributed by atoms with Crippen molar-refractivity contribution in [3.8, 4) is 0 Å². The Morgan fingerprint density at radius 3 is 2.84 bits per heavy atom. The van der Waals surface area contributed by atoms with E-state index in [0.29, 0.717) is 12.6 Å². The zero-order chi connectivity index (χ0) is 14.3. The molecule has 1 saturated heterocycles. The van der Waals surface area contributed by atoms with E-state index < -0.39 is 0 Å². The molecule has 0 aromatic carbocycles. The van der Waals surface area contributed by atoms with Crippen LogP contribution in [0.5, 0.6) is 0 Å². The quantitative estimate of drug-likeness (QED) is 0.692. The number of hydrogen-bond donors (Lipinski definition) is 2. The van der Waals surface area contributed by atoms with Gasteiger partial charge >= 0.3 is 0 Å². The molecule has 1 aliphatic heterocycles. The summed E-state index contributed by atoms with van der Waals surface area (Å²) >= 11 is 0. The Hall–Kier alpha value is -0.610. The molecule has 0 bridgehead atoms. The highest BCUT2D eigenvalue weighted by Crippen LogP contribution is 2.23. The van der Waals surface area contributed by atoms with Gasteiger partial charge in [-0.05, 0) is 38.6 Å². The number of nitrogens with zero attached hydrogens (tertiary/aromatic N) is 1. The van der Waals surface area contributed by atoms with E-state index in [4.69, 9.17) is 5.73 Å². The van der Waals surface area contributed by atoms with Crippen LogP contribution in [-0.2, 0) is 4.79 Å². The molecule has 0 aromatic heterocycles. The molecule has 4 heteroatoms. The van der Waals surface area contributed by atoms with Gasteiger partial charge in [0, 0.05) is 19.1 Å². The molecule has 1 fully saturated rings. The van der Waals surface area contributed by atoms with Crippen LogP contribution in [0.3, 0.4) is 0 Å². The summed E-state index contributed by atoms with van der Waals surface area (Å²) in [6, 6.07) is 0.308. The summed E-state index contributed by atoms with van der Waals surface area (Å²) in [5.41, 5.74) is 5.86. The minimum Gasteiger partial charge on any atom is -0.355 e. The van der Waals surface area contributed by atoms with Crippen molar-refractivity contribution in [1.29, 1.82) is 0 Å². The van der Waals surface area contributed by atoms with Crippen molar-refractivity contribution in [2.75, 3.05) is 19.6 Å². The molecule has 3 unspecified atom stereocenters. The first kappa shape index (κ1) is 16.4. The van der Waals surface area contributed by atoms with Crippen molar-refractivity contribution < 1.29 is 4.79 Å². The highest BCUT2D eigenvalue weighted by Gasteiger charge is 2.31. The smallest absolute Gasteiger partial charge is 0.237 e. The Morgan fingerprint density at radius 2 is 2.21 bits per heavy atom. The highest BCUT2D eigenvalue weighted by atomic mass is 16.2. The molecule has 1 aliphatic rings. The number of nitrogens with one attached hydrogen (secondary N) is 1. The van der Waals surface area contributed by atoms with Crippen LogP contribution < -0.4 is 11.1 Å². The van der Waals surface area contributed by atoms with Crippen molar-refractivity contribution in [3.63, 3.8) is 0 Å². The van der Waals surface area contributed by atoms with Gasteiger partial charge in [0.2, 0.25) is 5.91 Å². The monoisotopic (exact) mass is 269 g/mol.